The zero-order chi connectivity index (χ0) is 15.8. The first-order valence-corrected chi connectivity index (χ1v) is 6.52. The average Bonchev–Trinajstić information content (AvgIpc) is 2.66. The largest absolute Gasteiger partial charge is 0.466 e. The van der Waals surface area contributed by atoms with Crippen LogP contribution in [0.15, 0.2) is 22.9 Å². The van der Waals surface area contributed by atoms with Gasteiger partial charge in [0.2, 0.25) is 0 Å². The molecule has 6 heteroatoms. The van der Waals surface area contributed by atoms with Gasteiger partial charge in [-0.1, -0.05) is 0 Å². The van der Waals surface area contributed by atoms with Gasteiger partial charge >= 0.3 is 6.18 Å². The van der Waals surface area contributed by atoms with Gasteiger partial charge in [-0.25, -0.2) is 0 Å². The molecule has 3 nitrogen and oxygen atoms in total. The number of pyridine rings is 1. The third-order valence-electron chi connectivity index (χ3n) is 3.66. The summed E-state index contributed by atoms with van der Waals surface area (Å²) in [5.41, 5.74) is 0.992. The molecule has 0 radical (unpaired) electrons. The van der Waals surface area contributed by atoms with Crippen molar-refractivity contribution in [2.45, 2.75) is 33.0 Å². The number of aromatic nitrogens is 1. The summed E-state index contributed by atoms with van der Waals surface area (Å²) >= 11 is 0. The predicted octanol–water partition coefficient (Wildman–Crippen LogP) is 3.93. The Balaban J connectivity index is 2.63. The second-order valence-electron chi connectivity index (χ2n) is 4.94. The molecule has 1 N–H and O–H groups in total. The van der Waals surface area contributed by atoms with Gasteiger partial charge in [0.25, 0.3) is 0 Å². The number of rotatable bonds is 3. The summed E-state index contributed by atoms with van der Waals surface area (Å²) in [6.45, 7) is 5.39. The molecule has 2 rings (SSSR count). The number of hydrogen-bond donors (Lipinski definition) is 1. The molecule has 0 bridgehead atoms. The molecule has 0 fully saturated rings. The lowest BCUT2D eigenvalue weighted by molar-refractivity contribution is -0.138. The van der Waals surface area contributed by atoms with Crippen LogP contribution in [-0.2, 0) is 6.18 Å². The number of alkyl halides is 3. The fourth-order valence-corrected chi connectivity index (χ4v) is 2.58. The molecule has 0 aliphatic heterocycles. The SMILES string of the molecule is CNC(c1cnccc1C(F)(F)F)c1c(C)oc(C)c1C. The maximum atomic E-state index is 13.2. The Labute approximate surface area is 121 Å². The van der Waals surface area contributed by atoms with Crippen LogP contribution in [0.1, 0.15) is 39.8 Å². The Morgan fingerprint density at radius 1 is 1.19 bits per heavy atom. The van der Waals surface area contributed by atoms with E-state index < -0.39 is 17.8 Å². The van der Waals surface area contributed by atoms with E-state index in [1.807, 2.05) is 6.92 Å². The van der Waals surface area contributed by atoms with E-state index in [4.69, 9.17) is 4.42 Å². The highest BCUT2D eigenvalue weighted by molar-refractivity contribution is 5.43. The van der Waals surface area contributed by atoms with Crippen LogP contribution in [0.3, 0.4) is 0 Å². The summed E-state index contributed by atoms with van der Waals surface area (Å²) in [6, 6.07) is 0.380. The van der Waals surface area contributed by atoms with Gasteiger partial charge in [-0.3, -0.25) is 4.98 Å². The first-order valence-electron chi connectivity index (χ1n) is 6.52. The molecular formula is C15H17F3N2O. The van der Waals surface area contributed by atoms with Crippen LogP contribution in [0, 0.1) is 20.8 Å². The van der Waals surface area contributed by atoms with Crippen LogP contribution in [0.2, 0.25) is 0 Å². The van der Waals surface area contributed by atoms with E-state index in [-0.39, 0.29) is 5.56 Å². The molecule has 0 saturated heterocycles. The zero-order valence-corrected chi connectivity index (χ0v) is 12.3. The van der Waals surface area contributed by atoms with E-state index in [2.05, 4.69) is 10.3 Å². The highest BCUT2D eigenvalue weighted by Gasteiger charge is 2.36. The van der Waals surface area contributed by atoms with Crippen LogP contribution >= 0.6 is 0 Å². The number of halogens is 3. The van der Waals surface area contributed by atoms with Crippen LogP contribution < -0.4 is 5.32 Å². The van der Waals surface area contributed by atoms with E-state index in [0.717, 1.165) is 23.4 Å². The summed E-state index contributed by atoms with van der Waals surface area (Å²) in [4.78, 5) is 3.85. The summed E-state index contributed by atoms with van der Waals surface area (Å²) < 4.78 is 45.1. The maximum Gasteiger partial charge on any atom is 0.416 e. The Morgan fingerprint density at radius 2 is 1.86 bits per heavy atom. The molecule has 0 spiro atoms. The van der Waals surface area contributed by atoms with Gasteiger partial charge in [0.05, 0.1) is 11.6 Å². The fourth-order valence-electron chi connectivity index (χ4n) is 2.58. The Kier molecular flexibility index (Phi) is 4.09. The summed E-state index contributed by atoms with van der Waals surface area (Å²) in [6.07, 6.45) is -2.02. The molecule has 114 valence electrons. The minimum Gasteiger partial charge on any atom is -0.466 e. The lowest BCUT2D eigenvalue weighted by Gasteiger charge is -2.21. The Morgan fingerprint density at radius 3 is 2.33 bits per heavy atom. The van der Waals surface area contributed by atoms with Crippen molar-refractivity contribution in [3.05, 3.63) is 52.2 Å². The molecule has 0 aliphatic rings. The highest BCUT2D eigenvalue weighted by Crippen LogP contribution is 2.38. The lowest BCUT2D eigenvalue weighted by Crippen LogP contribution is -2.23. The fraction of sp³-hybridized carbons (Fsp3) is 0.400. The first-order chi connectivity index (χ1) is 9.77. The van der Waals surface area contributed by atoms with E-state index >= 15 is 0 Å². The van der Waals surface area contributed by atoms with Gasteiger partial charge in [0.15, 0.2) is 0 Å². The third kappa shape index (κ3) is 2.81. The zero-order valence-electron chi connectivity index (χ0n) is 12.3. The minimum absolute atomic E-state index is 0.0968. The van der Waals surface area contributed by atoms with Crippen LogP contribution in [-0.4, -0.2) is 12.0 Å². The molecule has 0 aliphatic carbocycles. The average molecular weight is 298 g/mol. The summed E-state index contributed by atoms with van der Waals surface area (Å²) in [5.74, 6) is 1.32. The van der Waals surface area contributed by atoms with E-state index in [1.54, 1.807) is 20.9 Å². The van der Waals surface area contributed by atoms with Crippen molar-refractivity contribution in [1.82, 2.24) is 10.3 Å². The monoisotopic (exact) mass is 298 g/mol. The quantitative estimate of drug-likeness (QED) is 0.933. The molecule has 0 amide bonds. The smallest absolute Gasteiger partial charge is 0.416 e. The van der Waals surface area contributed by atoms with Crippen LogP contribution in [0.5, 0.6) is 0 Å². The normalized spacial score (nSPS) is 13.5. The highest BCUT2D eigenvalue weighted by atomic mass is 19.4. The topological polar surface area (TPSA) is 38.1 Å². The van der Waals surface area contributed by atoms with Crippen molar-refractivity contribution >= 4 is 0 Å². The second-order valence-corrected chi connectivity index (χ2v) is 4.94. The van der Waals surface area contributed by atoms with Crippen molar-refractivity contribution in [2.75, 3.05) is 7.05 Å². The molecule has 0 aromatic carbocycles. The number of nitrogens with one attached hydrogen (secondary N) is 1. The Hall–Kier alpha value is -1.82. The van der Waals surface area contributed by atoms with E-state index in [1.165, 1.54) is 6.20 Å². The maximum absolute atomic E-state index is 13.2. The number of hydrogen-bond acceptors (Lipinski definition) is 3. The van der Waals surface area contributed by atoms with Crippen molar-refractivity contribution in [1.29, 1.82) is 0 Å². The van der Waals surface area contributed by atoms with Gasteiger partial charge in [-0.05, 0) is 39.4 Å². The lowest BCUT2D eigenvalue weighted by atomic mass is 9.93. The summed E-state index contributed by atoms with van der Waals surface area (Å²) in [5, 5.41) is 2.94. The predicted molar refractivity (Wildman–Crippen MR) is 73.1 cm³/mol. The van der Waals surface area contributed by atoms with Crippen molar-refractivity contribution in [3.63, 3.8) is 0 Å². The van der Waals surface area contributed by atoms with Gasteiger partial charge in [-0.15, -0.1) is 0 Å². The Bertz CT molecular complexity index is 647. The van der Waals surface area contributed by atoms with Gasteiger partial charge < -0.3 is 9.73 Å². The van der Waals surface area contributed by atoms with Crippen molar-refractivity contribution in [2.24, 2.45) is 0 Å². The number of nitrogens with zero attached hydrogens (tertiary/aromatic N) is 1. The molecule has 2 aromatic rings. The van der Waals surface area contributed by atoms with E-state index in [0.29, 0.717) is 11.5 Å². The second kappa shape index (κ2) is 5.52. The first kappa shape index (κ1) is 15.6. The van der Waals surface area contributed by atoms with Crippen molar-refractivity contribution < 1.29 is 17.6 Å². The number of furan rings is 1. The standard InChI is InChI=1S/C15H17F3N2O/c1-8-9(2)21-10(3)13(8)14(19-4)11-7-20-6-5-12(11)15(16,17)18/h5-7,14,19H,1-4H3. The van der Waals surface area contributed by atoms with Crippen LogP contribution in [0.4, 0.5) is 13.2 Å². The van der Waals surface area contributed by atoms with Gasteiger partial charge in [0.1, 0.15) is 11.5 Å². The van der Waals surface area contributed by atoms with Gasteiger partial charge in [0, 0.05) is 23.5 Å². The molecule has 21 heavy (non-hydrogen) atoms. The molecule has 1 unspecified atom stereocenters. The number of aryl methyl sites for hydroxylation is 2. The molecular weight excluding hydrogens is 281 g/mol. The molecule has 2 heterocycles. The molecule has 2 aromatic heterocycles. The third-order valence-corrected chi connectivity index (χ3v) is 3.66. The van der Waals surface area contributed by atoms with E-state index in [9.17, 15) is 13.2 Å². The van der Waals surface area contributed by atoms with Gasteiger partial charge in [-0.2, -0.15) is 13.2 Å². The summed E-state index contributed by atoms with van der Waals surface area (Å²) in [7, 11) is 1.62. The minimum atomic E-state index is -4.42. The molecule has 1 atom stereocenters. The van der Waals surface area contributed by atoms with Crippen LogP contribution in [0.25, 0.3) is 0 Å². The molecule has 0 saturated carbocycles. The van der Waals surface area contributed by atoms with Crippen molar-refractivity contribution in [3.8, 4) is 0 Å².